The van der Waals surface area contributed by atoms with Gasteiger partial charge in [0.05, 0.1) is 6.33 Å². The number of nitrogens with zero attached hydrogens (tertiary/aromatic N) is 3. The van der Waals surface area contributed by atoms with Gasteiger partial charge in [-0.25, -0.2) is 4.98 Å². The molecular formula is C14H26N4. The smallest absolute Gasteiger partial charge is 0.0945 e. The van der Waals surface area contributed by atoms with Crippen molar-refractivity contribution in [3.8, 4) is 0 Å². The summed E-state index contributed by atoms with van der Waals surface area (Å²) in [6.45, 7) is 8.22. The van der Waals surface area contributed by atoms with Gasteiger partial charge in [0.25, 0.3) is 0 Å². The molecule has 4 heteroatoms. The average Bonchev–Trinajstić information content (AvgIpc) is 2.78. The molecule has 1 atom stereocenters. The van der Waals surface area contributed by atoms with Crippen LogP contribution in [0.25, 0.3) is 0 Å². The van der Waals surface area contributed by atoms with Crippen molar-refractivity contribution in [2.24, 2.45) is 0 Å². The standard InChI is InChI=1S/C14H26N4/c1-2-5-14-12-17(8-3-6-16-14)9-4-10-18-11-7-15-13-18/h7,11,13-14,16H,2-6,8-10,12H2,1H3. The first-order valence-electron chi connectivity index (χ1n) is 7.30. The van der Waals surface area contributed by atoms with Crippen molar-refractivity contribution in [2.45, 2.75) is 45.2 Å². The summed E-state index contributed by atoms with van der Waals surface area (Å²) in [6, 6.07) is 0.700. The molecule has 0 aliphatic carbocycles. The molecule has 1 unspecified atom stereocenters. The lowest BCUT2D eigenvalue weighted by atomic mass is 10.1. The van der Waals surface area contributed by atoms with Gasteiger partial charge < -0.3 is 14.8 Å². The van der Waals surface area contributed by atoms with Crippen LogP contribution < -0.4 is 5.32 Å². The second-order valence-electron chi connectivity index (χ2n) is 5.25. The van der Waals surface area contributed by atoms with E-state index in [1.807, 2.05) is 18.7 Å². The largest absolute Gasteiger partial charge is 0.337 e. The van der Waals surface area contributed by atoms with Crippen molar-refractivity contribution in [1.29, 1.82) is 0 Å². The number of hydrogen-bond acceptors (Lipinski definition) is 3. The summed E-state index contributed by atoms with van der Waals surface area (Å²) in [5.41, 5.74) is 0. The Balaban J connectivity index is 1.70. The van der Waals surface area contributed by atoms with Crippen LogP contribution in [0.3, 0.4) is 0 Å². The van der Waals surface area contributed by atoms with Crippen LogP contribution in [0.15, 0.2) is 18.7 Å². The first kappa shape index (κ1) is 13.6. The first-order valence-corrected chi connectivity index (χ1v) is 7.30. The molecule has 0 bridgehead atoms. The lowest BCUT2D eigenvalue weighted by molar-refractivity contribution is 0.255. The van der Waals surface area contributed by atoms with Crippen LogP contribution in [0, 0.1) is 0 Å². The van der Waals surface area contributed by atoms with Crippen LogP contribution in [-0.2, 0) is 6.54 Å². The van der Waals surface area contributed by atoms with Gasteiger partial charge in [-0.1, -0.05) is 13.3 Å². The number of imidazole rings is 1. The molecule has 1 N–H and O–H groups in total. The fourth-order valence-electron chi connectivity index (χ4n) is 2.72. The molecule has 102 valence electrons. The third-order valence-electron chi connectivity index (χ3n) is 3.65. The molecule has 1 aliphatic rings. The van der Waals surface area contributed by atoms with Gasteiger partial charge >= 0.3 is 0 Å². The van der Waals surface area contributed by atoms with Crippen LogP contribution >= 0.6 is 0 Å². The lowest BCUT2D eigenvalue weighted by Gasteiger charge is -2.24. The highest BCUT2D eigenvalue weighted by Crippen LogP contribution is 2.06. The van der Waals surface area contributed by atoms with Crippen molar-refractivity contribution in [3.63, 3.8) is 0 Å². The van der Waals surface area contributed by atoms with Crippen molar-refractivity contribution in [1.82, 2.24) is 19.8 Å². The van der Waals surface area contributed by atoms with E-state index in [1.165, 1.54) is 51.9 Å². The zero-order valence-corrected chi connectivity index (χ0v) is 11.5. The lowest BCUT2D eigenvalue weighted by Crippen LogP contribution is -2.38. The quantitative estimate of drug-likeness (QED) is 0.835. The van der Waals surface area contributed by atoms with E-state index in [0.717, 1.165) is 6.54 Å². The van der Waals surface area contributed by atoms with Gasteiger partial charge in [-0.15, -0.1) is 0 Å². The van der Waals surface area contributed by atoms with E-state index >= 15 is 0 Å². The normalized spacial score (nSPS) is 21.9. The summed E-state index contributed by atoms with van der Waals surface area (Å²) in [5, 5.41) is 3.66. The first-order chi connectivity index (χ1) is 8.88. The molecule has 1 saturated heterocycles. The molecule has 2 heterocycles. The Morgan fingerprint density at radius 1 is 1.39 bits per heavy atom. The van der Waals surface area contributed by atoms with Crippen molar-refractivity contribution >= 4 is 0 Å². The van der Waals surface area contributed by atoms with Gasteiger partial charge in [0, 0.05) is 31.5 Å². The molecule has 0 amide bonds. The molecule has 2 rings (SSSR count). The minimum absolute atomic E-state index is 0.700. The molecular weight excluding hydrogens is 224 g/mol. The maximum absolute atomic E-state index is 4.08. The Morgan fingerprint density at radius 2 is 2.33 bits per heavy atom. The van der Waals surface area contributed by atoms with Gasteiger partial charge in [0.1, 0.15) is 0 Å². The molecule has 0 saturated carbocycles. The molecule has 1 aromatic heterocycles. The van der Waals surface area contributed by atoms with Crippen molar-refractivity contribution < 1.29 is 0 Å². The second-order valence-corrected chi connectivity index (χ2v) is 5.25. The molecule has 18 heavy (non-hydrogen) atoms. The molecule has 1 aliphatic heterocycles. The van der Waals surface area contributed by atoms with Crippen LogP contribution in [0.4, 0.5) is 0 Å². The minimum Gasteiger partial charge on any atom is -0.337 e. The summed E-state index contributed by atoms with van der Waals surface area (Å²) in [4.78, 5) is 6.70. The SMILES string of the molecule is CCCC1CN(CCCn2ccnc2)CCCN1. The molecule has 1 fully saturated rings. The zero-order chi connectivity index (χ0) is 12.6. The molecule has 4 nitrogen and oxygen atoms in total. The van der Waals surface area contributed by atoms with Gasteiger partial charge in [-0.05, 0) is 38.9 Å². The van der Waals surface area contributed by atoms with Gasteiger partial charge in [-0.2, -0.15) is 0 Å². The predicted octanol–water partition coefficient (Wildman–Crippen LogP) is 1.74. The van der Waals surface area contributed by atoms with E-state index in [1.54, 1.807) is 0 Å². The molecule has 1 aromatic rings. The summed E-state index contributed by atoms with van der Waals surface area (Å²) >= 11 is 0. The summed E-state index contributed by atoms with van der Waals surface area (Å²) in [5.74, 6) is 0. The van der Waals surface area contributed by atoms with Gasteiger partial charge in [0.15, 0.2) is 0 Å². The van der Waals surface area contributed by atoms with Gasteiger partial charge in [0.2, 0.25) is 0 Å². The van der Waals surface area contributed by atoms with Crippen LogP contribution in [0.2, 0.25) is 0 Å². The van der Waals surface area contributed by atoms with E-state index < -0.39 is 0 Å². The molecule has 0 aromatic carbocycles. The third kappa shape index (κ3) is 4.42. The number of rotatable bonds is 6. The highest BCUT2D eigenvalue weighted by molar-refractivity contribution is 4.77. The third-order valence-corrected chi connectivity index (χ3v) is 3.65. The van der Waals surface area contributed by atoms with E-state index in [0.29, 0.717) is 6.04 Å². The summed E-state index contributed by atoms with van der Waals surface area (Å²) < 4.78 is 2.17. The van der Waals surface area contributed by atoms with Crippen LogP contribution in [0.1, 0.15) is 32.6 Å². The Kier molecular flexibility index (Phi) is 5.68. The summed E-state index contributed by atoms with van der Waals surface area (Å²) in [7, 11) is 0. The number of nitrogens with one attached hydrogen (secondary N) is 1. The van der Waals surface area contributed by atoms with Crippen molar-refractivity contribution in [3.05, 3.63) is 18.7 Å². The number of hydrogen-bond donors (Lipinski definition) is 1. The number of aryl methyl sites for hydroxylation is 1. The topological polar surface area (TPSA) is 33.1 Å². The predicted molar refractivity (Wildman–Crippen MR) is 74.6 cm³/mol. The van der Waals surface area contributed by atoms with E-state index in [9.17, 15) is 0 Å². The van der Waals surface area contributed by atoms with Crippen LogP contribution in [-0.4, -0.2) is 46.7 Å². The van der Waals surface area contributed by atoms with E-state index in [2.05, 4.69) is 26.7 Å². The maximum atomic E-state index is 4.08. The minimum atomic E-state index is 0.700. The van der Waals surface area contributed by atoms with E-state index in [-0.39, 0.29) is 0 Å². The second kappa shape index (κ2) is 7.54. The highest BCUT2D eigenvalue weighted by Gasteiger charge is 2.16. The Bertz CT molecular complexity index is 310. The summed E-state index contributed by atoms with van der Waals surface area (Å²) in [6.07, 6.45) is 10.9. The Morgan fingerprint density at radius 3 is 3.11 bits per heavy atom. The highest BCUT2D eigenvalue weighted by atomic mass is 15.2. The fourth-order valence-corrected chi connectivity index (χ4v) is 2.72. The zero-order valence-electron chi connectivity index (χ0n) is 11.5. The van der Waals surface area contributed by atoms with Crippen molar-refractivity contribution in [2.75, 3.05) is 26.2 Å². The number of aromatic nitrogens is 2. The Labute approximate surface area is 110 Å². The molecule has 0 radical (unpaired) electrons. The molecule has 0 spiro atoms. The van der Waals surface area contributed by atoms with E-state index in [4.69, 9.17) is 0 Å². The van der Waals surface area contributed by atoms with Gasteiger partial charge in [-0.3, -0.25) is 0 Å². The van der Waals surface area contributed by atoms with Crippen LogP contribution in [0.5, 0.6) is 0 Å². The Hall–Kier alpha value is -0.870. The average molecular weight is 250 g/mol. The maximum Gasteiger partial charge on any atom is 0.0945 e. The monoisotopic (exact) mass is 250 g/mol. The fraction of sp³-hybridized carbons (Fsp3) is 0.786.